The van der Waals surface area contributed by atoms with Gasteiger partial charge in [-0.2, -0.15) is 0 Å². The van der Waals surface area contributed by atoms with Crippen molar-refractivity contribution in [3.63, 3.8) is 0 Å². The van der Waals surface area contributed by atoms with E-state index in [1.165, 1.54) is 0 Å². The van der Waals surface area contributed by atoms with E-state index in [2.05, 4.69) is 9.47 Å². The van der Waals surface area contributed by atoms with Crippen LogP contribution in [0.4, 0.5) is 0 Å². The molecule has 0 aromatic heterocycles. The quantitative estimate of drug-likeness (QED) is 0.174. The number of nitro groups is 2. The van der Waals surface area contributed by atoms with Crippen LogP contribution in [0.2, 0.25) is 0 Å². The summed E-state index contributed by atoms with van der Waals surface area (Å²) in [5, 5.41) is 21.5. The van der Waals surface area contributed by atoms with Crippen LogP contribution in [0.15, 0.2) is 0 Å². The minimum Gasteiger partial charge on any atom is -0.398 e. The summed E-state index contributed by atoms with van der Waals surface area (Å²) >= 11 is 0. The molecule has 0 aromatic carbocycles. The van der Waals surface area contributed by atoms with Crippen molar-refractivity contribution in [3.05, 3.63) is 20.2 Å². The Balaban J connectivity index is 4.42. The van der Waals surface area contributed by atoms with Crippen molar-refractivity contribution in [1.82, 2.24) is 0 Å². The molecule has 0 fully saturated rings. The van der Waals surface area contributed by atoms with Crippen molar-refractivity contribution in [2.75, 3.05) is 0 Å². The van der Waals surface area contributed by atoms with E-state index in [9.17, 15) is 29.8 Å². The van der Waals surface area contributed by atoms with E-state index in [-0.39, 0.29) is 12.8 Å². The molecule has 2 unspecified atom stereocenters. The molecule has 0 N–H and O–H groups in total. The van der Waals surface area contributed by atoms with Crippen LogP contribution in [0, 0.1) is 20.2 Å². The number of hydrogen-bond acceptors (Lipinski definition) is 8. The fraction of sp³-hybridized carbons (Fsp3) is 0.846. The maximum Gasteiger partial charge on any atom is 0.355 e. The summed E-state index contributed by atoms with van der Waals surface area (Å²) in [4.78, 5) is 43.0. The second-order valence-electron chi connectivity index (χ2n) is 4.92. The Morgan fingerprint density at radius 1 is 0.870 bits per heavy atom. The van der Waals surface area contributed by atoms with Crippen LogP contribution in [0.5, 0.6) is 0 Å². The van der Waals surface area contributed by atoms with Gasteiger partial charge in [0, 0.05) is 0 Å². The number of unbranched alkanes of at least 4 members (excludes halogenated alkanes) is 2. The molecule has 0 amide bonds. The van der Waals surface area contributed by atoms with Gasteiger partial charge in [-0.25, -0.2) is 0 Å². The third kappa shape index (κ3) is 9.38. The lowest BCUT2D eigenvalue weighted by atomic mass is 10.2. The highest BCUT2D eigenvalue weighted by Gasteiger charge is 2.29. The second kappa shape index (κ2) is 11.3. The lowest BCUT2D eigenvalue weighted by molar-refractivity contribution is -0.570. The SMILES string of the molecule is CCCCC(OC(=O)CC(=O)OC(CCCC)[N+](=O)[O-])[N+](=O)[O-]. The zero-order chi connectivity index (χ0) is 17.8. The first-order valence-electron chi connectivity index (χ1n) is 7.47. The predicted octanol–water partition coefficient (Wildman–Crippen LogP) is 2.05. The lowest BCUT2D eigenvalue weighted by Gasteiger charge is -2.11. The second-order valence-corrected chi connectivity index (χ2v) is 4.92. The van der Waals surface area contributed by atoms with Crippen LogP contribution < -0.4 is 0 Å². The van der Waals surface area contributed by atoms with E-state index < -0.39 is 40.7 Å². The largest absolute Gasteiger partial charge is 0.398 e. The average molecular weight is 334 g/mol. The van der Waals surface area contributed by atoms with Gasteiger partial charge < -0.3 is 9.47 Å². The Kier molecular flexibility index (Phi) is 10.2. The molecular formula is C13H22N2O8. The molecule has 0 aromatic rings. The predicted molar refractivity (Wildman–Crippen MR) is 77.4 cm³/mol. The van der Waals surface area contributed by atoms with Crippen molar-refractivity contribution in [2.45, 2.75) is 71.2 Å². The third-order valence-corrected chi connectivity index (χ3v) is 2.90. The van der Waals surface area contributed by atoms with E-state index in [1.54, 1.807) is 0 Å². The molecule has 2 atom stereocenters. The van der Waals surface area contributed by atoms with Gasteiger partial charge in [-0.3, -0.25) is 29.8 Å². The molecule has 0 bridgehead atoms. The highest BCUT2D eigenvalue weighted by Crippen LogP contribution is 2.10. The molecule has 0 aliphatic heterocycles. The Morgan fingerprint density at radius 3 is 1.48 bits per heavy atom. The Labute approximate surface area is 133 Å². The number of esters is 2. The standard InChI is InChI=1S/C13H22N2O8/c1-3-5-7-10(14(18)19)22-12(16)9-13(17)23-11(15(20)21)8-6-4-2/h10-11H,3-9H2,1-2H3. The number of carbonyl (C=O) groups is 2. The van der Waals surface area contributed by atoms with Gasteiger partial charge in [0.2, 0.25) is 0 Å². The molecular weight excluding hydrogens is 312 g/mol. The molecule has 0 aliphatic rings. The zero-order valence-corrected chi connectivity index (χ0v) is 13.3. The van der Waals surface area contributed by atoms with Crippen LogP contribution in [0.3, 0.4) is 0 Å². The fourth-order valence-corrected chi connectivity index (χ4v) is 1.68. The topological polar surface area (TPSA) is 139 Å². The number of rotatable bonds is 12. The molecule has 0 saturated carbocycles. The Bertz CT molecular complexity index is 388. The van der Waals surface area contributed by atoms with E-state index in [0.717, 1.165) is 0 Å². The van der Waals surface area contributed by atoms with E-state index in [0.29, 0.717) is 25.7 Å². The Hall–Kier alpha value is -2.26. The summed E-state index contributed by atoms with van der Waals surface area (Å²) in [5.74, 6) is -2.27. The molecule has 10 heteroatoms. The van der Waals surface area contributed by atoms with E-state index >= 15 is 0 Å². The molecule has 0 spiro atoms. The summed E-state index contributed by atoms with van der Waals surface area (Å²) in [6.07, 6.45) is -1.52. The van der Waals surface area contributed by atoms with Gasteiger partial charge >= 0.3 is 24.4 Å². The Morgan fingerprint density at radius 2 is 1.22 bits per heavy atom. The monoisotopic (exact) mass is 334 g/mol. The first kappa shape index (κ1) is 20.7. The first-order valence-corrected chi connectivity index (χ1v) is 7.47. The summed E-state index contributed by atoms with van der Waals surface area (Å²) in [7, 11) is 0. The number of ether oxygens (including phenoxy) is 2. The third-order valence-electron chi connectivity index (χ3n) is 2.90. The minimum absolute atomic E-state index is 0.0400. The van der Waals surface area contributed by atoms with Gasteiger partial charge in [-0.05, 0) is 12.8 Å². The number of nitrogens with zero attached hydrogens (tertiary/aromatic N) is 2. The van der Waals surface area contributed by atoms with Crippen molar-refractivity contribution in [2.24, 2.45) is 0 Å². The maximum absolute atomic E-state index is 11.5. The molecule has 0 saturated heterocycles. The normalized spacial score (nSPS) is 13.0. The average Bonchev–Trinajstić information content (AvgIpc) is 2.46. The van der Waals surface area contributed by atoms with Gasteiger partial charge in [-0.15, -0.1) is 0 Å². The van der Waals surface area contributed by atoms with Crippen LogP contribution >= 0.6 is 0 Å². The highest BCUT2D eigenvalue weighted by molar-refractivity contribution is 5.91. The molecule has 10 nitrogen and oxygen atoms in total. The van der Waals surface area contributed by atoms with Crippen molar-refractivity contribution in [3.8, 4) is 0 Å². The summed E-state index contributed by atoms with van der Waals surface area (Å²) in [5.41, 5.74) is 0. The van der Waals surface area contributed by atoms with Crippen LogP contribution in [-0.2, 0) is 19.1 Å². The van der Waals surface area contributed by atoms with Gasteiger partial charge in [-0.1, -0.05) is 26.7 Å². The summed E-state index contributed by atoms with van der Waals surface area (Å²) < 4.78 is 9.20. The molecule has 0 radical (unpaired) electrons. The van der Waals surface area contributed by atoms with Gasteiger partial charge in [0.05, 0.1) is 22.7 Å². The van der Waals surface area contributed by atoms with E-state index in [1.807, 2.05) is 13.8 Å². The number of hydrogen-bond donors (Lipinski definition) is 0. The van der Waals surface area contributed by atoms with Gasteiger partial charge in [0.25, 0.3) is 0 Å². The first-order chi connectivity index (χ1) is 10.8. The summed E-state index contributed by atoms with van der Waals surface area (Å²) in [6.45, 7) is 3.65. The minimum atomic E-state index is -1.53. The smallest absolute Gasteiger partial charge is 0.355 e. The highest BCUT2D eigenvalue weighted by atomic mass is 16.7. The van der Waals surface area contributed by atoms with Crippen LogP contribution in [-0.4, -0.2) is 34.2 Å². The van der Waals surface area contributed by atoms with Crippen molar-refractivity contribution >= 4 is 11.9 Å². The van der Waals surface area contributed by atoms with Crippen molar-refractivity contribution < 1.29 is 28.9 Å². The van der Waals surface area contributed by atoms with Crippen molar-refractivity contribution in [1.29, 1.82) is 0 Å². The molecule has 132 valence electrons. The lowest BCUT2D eigenvalue weighted by Crippen LogP contribution is -2.30. The fourth-order valence-electron chi connectivity index (χ4n) is 1.68. The molecule has 0 heterocycles. The summed E-state index contributed by atoms with van der Waals surface area (Å²) in [6, 6.07) is 0. The zero-order valence-electron chi connectivity index (χ0n) is 13.3. The van der Waals surface area contributed by atoms with E-state index in [4.69, 9.17) is 0 Å². The number of carbonyl (C=O) groups excluding carboxylic acids is 2. The maximum atomic E-state index is 11.5. The molecule has 0 rings (SSSR count). The van der Waals surface area contributed by atoms with Gasteiger partial charge in [0.15, 0.2) is 0 Å². The molecule has 0 aliphatic carbocycles. The van der Waals surface area contributed by atoms with Crippen LogP contribution in [0.1, 0.15) is 58.8 Å². The van der Waals surface area contributed by atoms with Gasteiger partial charge in [0.1, 0.15) is 6.42 Å². The van der Waals surface area contributed by atoms with Crippen LogP contribution in [0.25, 0.3) is 0 Å². The molecule has 23 heavy (non-hydrogen) atoms.